The van der Waals surface area contributed by atoms with Gasteiger partial charge in [0.1, 0.15) is 11.5 Å². The number of hydrazone groups is 1. The highest BCUT2D eigenvalue weighted by molar-refractivity contribution is 5.97. The number of amides is 1. The van der Waals surface area contributed by atoms with Crippen molar-refractivity contribution in [1.29, 1.82) is 0 Å². The van der Waals surface area contributed by atoms with Gasteiger partial charge in [0.25, 0.3) is 5.91 Å². The minimum absolute atomic E-state index is 0.0445. The van der Waals surface area contributed by atoms with Crippen molar-refractivity contribution in [3.8, 4) is 11.5 Å². The van der Waals surface area contributed by atoms with Crippen LogP contribution in [0.25, 0.3) is 0 Å². The standard InChI is InChI=1S/C14H12N2O3/c17-11-6-7-12(13(18)8-11)14(19)16-15-9-10-4-2-1-3-5-10/h1-9,17-18H,(H,16,19)/b15-9-. The highest BCUT2D eigenvalue weighted by atomic mass is 16.3. The Kier molecular flexibility index (Phi) is 3.78. The molecular weight excluding hydrogens is 244 g/mol. The van der Waals surface area contributed by atoms with Crippen LogP contribution in [-0.4, -0.2) is 22.3 Å². The van der Waals surface area contributed by atoms with Gasteiger partial charge in [0.2, 0.25) is 0 Å². The van der Waals surface area contributed by atoms with Gasteiger partial charge in [-0.1, -0.05) is 30.3 Å². The van der Waals surface area contributed by atoms with Gasteiger partial charge in [-0.3, -0.25) is 4.79 Å². The topological polar surface area (TPSA) is 81.9 Å². The van der Waals surface area contributed by atoms with Crippen molar-refractivity contribution in [3.63, 3.8) is 0 Å². The normalized spacial score (nSPS) is 10.5. The second-order valence-electron chi connectivity index (χ2n) is 3.81. The van der Waals surface area contributed by atoms with Crippen molar-refractivity contribution in [3.05, 3.63) is 59.7 Å². The number of nitrogens with one attached hydrogen (secondary N) is 1. The van der Waals surface area contributed by atoms with Gasteiger partial charge < -0.3 is 10.2 Å². The molecule has 0 atom stereocenters. The van der Waals surface area contributed by atoms with Crippen molar-refractivity contribution >= 4 is 12.1 Å². The van der Waals surface area contributed by atoms with Crippen molar-refractivity contribution in [2.24, 2.45) is 5.10 Å². The Labute approximate surface area is 109 Å². The van der Waals surface area contributed by atoms with E-state index in [1.165, 1.54) is 18.3 Å². The molecule has 1 amide bonds. The van der Waals surface area contributed by atoms with Crippen LogP contribution in [0.15, 0.2) is 53.6 Å². The molecule has 0 spiro atoms. The van der Waals surface area contributed by atoms with E-state index in [9.17, 15) is 9.90 Å². The minimum atomic E-state index is -0.551. The molecule has 0 aliphatic rings. The molecule has 2 aromatic carbocycles. The summed E-state index contributed by atoms with van der Waals surface area (Å²) < 4.78 is 0. The first-order valence-corrected chi connectivity index (χ1v) is 5.57. The van der Waals surface area contributed by atoms with E-state index in [0.29, 0.717) is 0 Å². The molecule has 0 bridgehead atoms. The highest BCUT2D eigenvalue weighted by Crippen LogP contribution is 2.22. The molecule has 0 unspecified atom stereocenters. The molecule has 5 nitrogen and oxygen atoms in total. The third-order valence-electron chi connectivity index (χ3n) is 2.41. The fourth-order valence-corrected chi connectivity index (χ4v) is 1.48. The molecule has 5 heteroatoms. The van der Waals surface area contributed by atoms with E-state index in [2.05, 4.69) is 10.5 Å². The molecule has 0 aliphatic heterocycles. The fourth-order valence-electron chi connectivity index (χ4n) is 1.48. The monoisotopic (exact) mass is 256 g/mol. The Bertz CT molecular complexity index is 609. The van der Waals surface area contributed by atoms with E-state index in [1.54, 1.807) is 0 Å². The lowest BCUT2D eigenvalue weighted by Gasteiger charge is -2.03. The highest BCUT2D eigenvalue weighted by Gasteiger charge is 2.10. The summed E-state index contributed by atoms with van der Waals surface area (Å²) in [4.78, 5) is 11.7. The zero-order valence-electron chi connectivity index (χ0n) is 9.95. The van der Waals surface area contributed by atoms with Crippen molar-refractivity contribution in [2.75, 3.05) is 0 Å². The van der Waals surface area contributed by atoms with Crippen LogP contribution in [-0.2, 0) is 0 Å². The van der Waals surface area contributed by atoms with Gasteiger partial charge in [-0.2, -0.15) is 5.10 Å². The van der Waals surface area contributed by atoms with Gasteiger partial charge >= 0.3 is 0 Å². The molecule has 0 aromatic heterocycles. The van der Waals surface area contributed by atoms with Gasteiger partial charge in [-0.15, -0.1) is 0 Å². The molecule has 0 saturated heterocycles. The summed E-state index contributed by atoms with van der Waals surface area (Å²) in [6.07, 6.45) is 1.50. The smallest absolute Gasteiger partial charge is 0.275 e. The van der Waals surface area contributed by atoms with Crippen molar-refractivity contribution in [1.82, 2.24) is 5.43 Å². The van der Waals surface area contributed by atoms with Crippen molar-refractivity contribution in [2.45, 2.75) is 0 Å². The molecule has 0 saturated carbocycles. The number of nitrogens with zero attached hydrogens (tertiary/aromatic N) is 1. The number of carbonyl (C=O) groups is 1. The first-order valence-electron chi connectivity index (χ1n) is 5.57. The third-order valence-corrected chi connectivity index (χ3v) is 2.41. The first kappa shape index (κ1) is 12.6. The fraction of sp³-hybridized carbons (Fsp3) is 0. The van der Waals surface area contributed by atoms with Crippen LogP contribution in [0.1, 0.15) is 15.9 Å². The van der Waals surface area contributed by atoms with Crippen LogP contribution in [0.4, 0.5) is 0 Å². The van der Waals surface area contributed by atoms with E-state index >= 15 is 0 Å². The van der Waals surface area contributed by atoms with Gasteiger partial charge in [0.05, 0.1) is 11.8 Å². The predicted molar refractivity (Wildman–Crippen MR) is 71.3 cm³/mol. The number of aromatic hydroxyl groups is 2. The maximum absolute atomic E-state index is 11.7. The largest absolute Gasteiger partial charge is 0.508 e. The number of carbonyl (C=O) groups excluding carboxylic acids is 1. The Balaban J connectivity index is 2.04. The van der Waals surface area contributed by atoms with Gasteiger partial charge in [0.15, 0.2) is 0 Å². The SMILES string of the molecule is O=C(N/N=C\c1ccccc1)c1ccc(O)cc1O. The Morgan fingerprint density at radius 2 is 1.84 bits per heavy atom. The van der Waals surface area contributed by atoms with Gasteiger partial charge in [-0.25, -0.2) is 5.43 Å². The average molecular weight is 256 g/mol. The third kappa shape index (κ3) is 3.32. The molecule has 0 fully saturated rings. The maximum Gasteiger partial charge on any atom is 0.275 e. The average Bonchev–Trinajstić information content (AvgIpc) is 2.39. The molecule has 2 aromatic rings. The second-order valence-corrected chi connectivity index (χ2v) is 3.81. The zero-order chi connectivity index (χ0) is 13.7. The van der Waals surface area contributed by atoms with Gasteiger partial charge in [-0.05, 0) is 17.7 Å². The molecular formula is C14H12N2O3. The lowest BCUT2D eigenvalue weighted by atomic mass is 10.2. The number of phenols is 2. The van der Waals surface area contributed by atoms with E-state index < -0.39 is 5.91 Å². The summed E-state index contributed by atoms with van der Waals surface area (Å²) in [5.74, 6) is -0.959. The van der Waals surface area contributed by atoms with E-state index in [1.807, 2.05) is 30.3 Å². The summed E-state index contributed by atoms with van der Waals surface area (Å²) in [5, 5.41) is 22.4. The maximum atomic E-state index is 11.7. The number of hydrogen-bond donors (Lipinski definition) is 3. The molecule has 19 heavy (non-hydrogen) atoms. The van der Waals surface area contributed by atoms with Crippen LogP contribution in [0, 0.1) is 0 Å². The van der Waals surface area contributed by atoms with Crippen LogP contribution in [0.3, 0.4) is 0 Å². The summed E-state index contributed by atoms with van der Waals surface area (Å²) in [6, 6.07) is 13.0. The Hall–Kier alpha value is -2.82. The lowest BCUT2D eigenvalue weighted by Crippen LogP contribution is -2.17. The predicted octanol–water partition coefficient (Wildman–Crippen LogP) is 1.86. The quantitative estimate of drug-likeness (QED) is 0.579. The minimum Gasteiger partial charge on any atom is -0.508 e. The molecule has 0 radical (unpaired) electrons. The summed E-state index contributed by atoms with van der Waals surface area (Å²) in [5.41, 5.74) is 3.19. The molecule has 3 N–H and O–H groups in total. The van der Waals surface area contributed by atoms with Gasteiger partial charge in [0, 0.05) is 6.07 Å². The zero-order valence-corrected chi connectivity index (χ0v) is 9.95. The van der Waals surface area contributed by atoms with Crippen LogP contribution < -0.4 is 5.43 Å². The van der Waals surface area contributed by atoms with Crippen LogP contribution in [0.2, 0.25) is 0 Å². The molecule has 0 aliphatic carbocycles. The molecule has 96 valence electrons. The van der Waals surface area contributed by atoms with Crippen LogP contribution in [0.5, 0.6) is 11.5 Å². The number of hydrogen-bond acceptors (Lipinski definition) is 4. The Morgan fingerprint density at radius 3 is 2.53 bits per heavy atom. The second kappa shape index (κ2) is 5.68. The summed E-state index contributed by atoms with van der Waals surface area (Å²) in [6.45, 7) is 0. The van der Waals surface area contributed by atoms with E-state index in [0.717, 1.165) is 11.6 Å². The van der Waals surface area contributed by atoms with E-state index in [-0.39, 0.29) is 17.1 Å². The first-order chi connectivity index (χ1) is 9.16. The summed E-state index contributed by atoms with van der Waals surface area (Å²) >= 11 is 0. The Morgan fingerprint density at radius 1 is 1.11 bits per heavy atom. The molecule has 0 heterocycles. The number of rotatable bonds is 3. The van der Waals surface area contributed by atoms with Crippen molar-refractivity contribution < 1.29 is 15.0 Å². The van der Waals surface area contributed by atoms with E-state index in [4.69, 9.17) is 5.11 Å². The number of benzene rings is 2. The summed E-state index contributed by atoms with van der Waals surface area (Å²) in [7, 11) is 0. The molecule has 2 rings (SSSR count). The van der Waals surface area contributed by atoms with Crippen LogP contribution >= 0.6 is 0 Å². The lowest BCUT2D eigenvalue weighted by molar-refractivity contribution is 0.0952. The number of phenolic OH excluding ortho intramolecular Hbond substituents is 2.